The molecule has 0 saturated carbocycles. The van der Waals surface area contributed by atoms with E-state index in [2.05, 4.69) is 15.5 Å². The van der Waals surface area contributed by atoms with Crippen LogP contribution in [-0.4, -0.2) is 22.3 Å². The van der Waals surface area contributed by atoms with Gasteiger partial charge in [0, 0.05) is 5.56 Å². The third-order valence-electron chi connectivity index (χ3n) is 3.05. The van der Waals surface area contributed by atoms with Crippen molar-refractivity contribution >= 4 is 6.09 Å². The minimum Gasteiger partial charge on any atom is -0.444 e. The number of aryl methyl sites for hydroxylation is 1. The van der Waals surface area contributed by atoms with Crippen molar-refractivity contribution in [1.29, 1.82) is 0 Å². The van der Waals surface area contributed by atoms with Crippen molar-refractivity contribution in [3.63, 3.8) is 0 Å². The summed E-state index contributed by atoms with van der Waals surface area (Å²) in [7, 11) is 0. The van der Waals surface area contributed by atoms with Gasteiger partial charge in [0.25, 0.3) is 5.89 Å². The van der Waals surface area contributed by atoms with E-state index in [4.69, 9.17) is 9.26 Å². The van der Waals surface area contributed by atoms with Crippen LogP contribution in [0, 0.1) is 6.92 Å². The van der Waals surface area contributed by atoms with Crippen LogP contribution in [0.25, 0.3) is 11.4 Å². The molecule has 0 spiro atoms. The Balaban J connectivity index is 1.87. The number of amides is 1. The zero-order valence-electron chi connectivity index (χ0n) is 10.6. The minimum absolute atomic E-state index is 0.321. The summed E-state index contributed by atoms with van der Waals surface area (Å²) in [6.45, 7) is 3.79. The molecule has 6 heteroatoms. The first-order valence-electron chi connectivity index (χ1n) is 6.01. The van der Waals surface area contributed by atoms with Crippen LogP contribution in [0.5, 0.6) is 0 Å². The van der Waals surface area contributed by atoms with Crippen LogP contribution in [0.3, 0.4) is 0 Å². The van der Waals surface area contributed by atoms with Gasteiger partial charge in [0.2, 0.25) is 5.82 Å². The Morgan fingerprint density at radius 1 is 1.26 bits per heavy atom. The second-order valence-corrected chi connectivity index (χ2v) is 4.55. The molecule has 2 heterocycles. The van der Waals surface area contributed by atoms with E-state index in [1.807, 2.05) is 31.2 Å². The number of carbonyl (C=O) groups is 1. The Labute approximate surface area is 109 Å². The molecule has 0 bridgehead atoms. The van der Waals surface area contributed by atoms with Crippen LogP contribution in [0.1, 0.15) is 24.4 Å². The second-order valence-electron chi connectivity index (χ2n) is 4.55. The Bertz CT molecular complexity index is 606. The standard InChI is InChI=1S/C13H13N3O3/c1-7-3-5-9(6-4-7)11-15-12(19-16-11)10-8(2)18-13(17)14-10/h3-6,8,10H,1-2H3,(H,14,17). The van der Waals surface area contributed by atoms with Gasteiger partial charge in [0.05, 0.1) is 0 Å². The minimum atomic E-state index is -0.465. The van der Waals surface area contributed by atoms with Crippen molar-refractivity contribution in [2.24, 2.45) is 0 Å². The van der Waals surface area contributed by atoms with Gasteiger partial charge in [-0.05, 0) is 13.8 Å². The molecule has 0 radical (unpaired) electrons. The van der Waals surface area contributed by atoms with Crippen LogP contribution >= 0.6 is 0 Å². The zero-order valence-corrected chi connectivity index (χ0v) is 10.6. The van der Waals surface area contributed by atoms with Crippen molar-refractivity contribution in [2.75, 3.05) is 0 Å². The van der Waals surface area contributed by atoms with Crippen molar-refractivity contribution in [2.45, 2.75) is 26.0 Å². The van der Waals surface area contributed by atoms with Gasteiger partial charge < -0.3 is 14.6 Å². The monoisotopic (exact) mass is 259 g/mol. The molecule has 0 aliphatic carbocycles. The molecule has 98 valence electrons. The van der Waals surface area contributed by atoms with E-state index in [-0.39, 0.29) is 12.1 Å². The third-order valence-corrected chi connectivity index (χ3v) is 3.05. The largest absolute Gasteiger partial charge is 0.444 e. The molecule has 1 amide bonds. The number of ether oxygens (including phenoxy) is 1. The van der Waals surface area contributed by atoms with Gasteiger partial charge in [-0.25, -0.2) is 4.79 Å². The SMILES string of the molecule is Cc1ccc(-c2noc(C3NC(=O)OC3C)n2)cc1. The number of nitrogens with zero attached hydrogens (tertiary/aromatic N) is 2. The maximum atomic E-state index is 11.1. The van der Waals surface area contributed by atoms with Crippen molar-refractivity contribution in [3.8, 4) is 11.4 Å². The Hall–Kier alpha value is -2.37. The number of aromatic nitrogens is 2. The van der Waals surface area contributed by atoms with E-state index < -0.39 is 6.09 Å². The van der Waals surface area contributed by atoms with Crippen LogP contribution in [0.2, 0.25) is 0 Å². The predicted molar refractivity (Wildman–Crippen MR) is 66.3 cm³/mol. The Morgan fingerprint density at radius 3 is 2.63 bits per heavy atom. The van der Waals surface area contributed by atoms with Crippen LogP contribution < -0.4 is 5.32 Å². The molecule has 1 saturated heterocycles. The molecule has 1 fully saturated rings. The van der Waals surface area contributed by atoms with E-state index in [9.17, 15) is 4.79 Å². The van der Waals surface area contributed by atoms with E-state index in [1.54, 1.807) is 6.92 Å². The average molecular weight is 259 g/mol. The highest BCUT2D eigenvalue weighted by Gasteiger charge is 2.36. The first kappa shape index (κ1) is 11.7. The number of nitrogens with one attached hydrogen (secondary N) is 1. The predicted octanol–water partition coefficient (Wildman–Crippen LogP) is 2.21. The summed E-state index contributed by atoms with van der Waals surface area (Å²) < 4.78 is 10.2. The fourth-order valence-electron chi connectivity index (χ4n) is 1.96. The maximum absolute atomic E-state index is 11.1. The summed E-state index contributed by atoms with van der Waals surface area (Å²) >= 11 is 0. The molecule has 3 rings (SSSR count). The zero-order chi connectivity index (χ0) is 13.4. The molecule has 1 aliphatic heterocycles. The van der Waals surface area contributed by atoms with Gasteiger partial charge in [0.1, 0.15) is 12.1 Å². The number of carbonyl (C=O) groups excluding carboxylic acids is 1. The topological polar surface area (TPSA) is 77.2 Å². The molecular weight excluding hydrogens is 246 g/mol. The average Bonchev–Trinajstić information content (AvgIpc) is 2.97. The summed E-state index contributed by atoms with van der Waals surface area (Å²) in [5.74, 6) is 0.859. The number of rotatable bonds is 2. The molecule has 19 heavy (non-hydrogen) atoms. The lowest BCUT2D eigenvalue weighted by atomic mass is 10.1. The lowest BCUT2D eigenvalue weighted by Gasteiger charge is -2.05. The summed E-state index contributed by atoms with van der Waals surface area (Å²) in [5.41, 5.74) is 2.04. The first-order chi connectivity index (χ1) is 9.13. The van der Waals surface area contributed by atoms with E-state index >= 15 is 0 Å². The quantitative estimate of drug-likeness (QED) is 0.894. The van der Waals surface area contributed by atoms with E-state index in [1.165, 1.54) is 0 Å². The van der Waals surface area contributed by atoms with Crippen molar-refractivity contribution in [3.05, 3.63) is 35.7 Å². The number of hydrogen-bond acceptors (Lipinski definition) is 5. The molecular formula is C13H13N3O3. The summed E-state index contributed by atoms with van der Waals surface area (Å²) in [4.78, 5) is 15.4. The molecule has 2 atom stereocenters. The van der Waals surface area contributed by atoms with Gasteiger partial charge in [-0.1, -0.05) is 35.0 Å². The highest BCUT2D eigenvalue weighted by atomic mass is 16.6. The van der Waals surface area contributed by atoms with Crippen LogP contribution in [-0.2, 0) is 4.74 Å². The summed E-state index contributed by atoms with van der Waals surface area (Å²) in [6.07, 6.45) is -0.786. The Morgan fingerprint density at radius 2 is 2.00 bits per heavy atom. The van der Waals surface area contributed by atoms with Gasteiger partial charge in [-0.2, -0.15) is 4.98 Å². The van der Waals surface area contributed by atoms with Crippen molar-refractivity contribution < 1.29 is 14.1 Å². The second kappa shape index (κ2) is 4.38. The van der Waals surface area contributed by atoms with Crippen molar-refractivity contribution in [1.82, 2.24) is 15.5 Å². The normalized spacial score (nSPS) is 22.1. The molecule has 6 nitrogen and oxygen atoms in total. The highest BCUT2D eigenvalue weighted by molar-refractivity contribution is 5.70. The molecule has 1 aromatic heterocycles. The van der Waals surface area contributed by atoms with Crippen LogP contribution in [0.4, 0.5) is 4.79 Å². The lowest BCUT2D eigenvalue weighted by molar-refractivity contribution is 0.137. The highest BCUT2D eigenvalue weighted by Crippen LogP contribution is 2.25. The number of cyclic esters (lactones) is 1. The van der Waals surface area contributed by atoms with E-state index in [0.29, 0.717) is 11.7 Å². The molecule has 2 aromatic rings. The number of benzene rings is 1. The fourth-order valence-corrected chi connectivity index (χ4v) is 1.96. The smallest absolute Gasteiger partial charge is 0.408 e. The molecule has 1 aliphatic rings. The third kappa shape index (κ3) is 2.16. The number of hydrogen-bond donors (Lipinski definition) is 1. The Kier molecular flexibility index (Phi) is 2.70. The van der Waals surface area contributed by atoms with Gasteiger partial charge >= 0.3 is 6.09 Å². The number of alkyl carbamates (subject to hydrolysis) is 1. The summed E-state index contributed by atoms with van der Waals surface area (Å²) in [6, 6.07) is 7.43. The lowest BCUT2D eigenvalue weighted by Crippen LogP contribution is -2.21. The van der Waals surface area contributed by atoms with Gasteiger partial charge in [-0.15, -0.1) is 0 Å². The molecule has 1 N–H and O–H groups in total. The summed E-state index contributed by atoms with van der Waals surface area (Å²) in [5, 5.41) is 6.56. The van der Waals surface area contributed by atoms with Gasteiger partial charge in [0.15, 0.2) is 0 Å². The van der Waals surface area contributed by atoms with Crippen LogP contribution in [0.15, 0.2) is 28.8 Å². The fraction of sp³-hybridized carbons (Fsp3) is 0.308. The molecule has 1 aromatic carbocycles. The molecule has 2 unspecified atom stereocenters. The first-order valence-corrected chi connectivity index (χ1v) is 6.01. The van der Waals surface area contributed by atoms with E-state index in [0.717, 1.165) is 11.1 Å². The van der Waals surface area contributed by atoms with Gasteiger partial charge in [-0.3, -0.25) is 0 Å². The maximum Gasteiger partial charge on any atom is 0.408 e.